The molecule has 4 aromatic rings. The number of hydrogen-bond donors (Lipinski definition) is 1. The molecular weight excluding hydrogens is 373 g/mol. The maximum absolute atomic E-state index is 13.3. The summed E-state index contributed by atoms with van der Waals surface area (Å²) < 4.78 is 42.7. The highest BCUT2D eigenvalue weighted by Crippen LogP contribution is 2.34. The average molecular weight is 388 g/mol. The van der Waals surface area contributed by atoms with Crippen LogP contribution in [0.3, 0.4) is 0 Å². The van der Waals surface area contributed by atoms with Gasteiger partial charge in [-0.3, -0.25) is 4.68 Å². The topological polar surface area (TPSA) is 80.9 Å². The van der Waals surface area contributed by atoms with Crippen molar-refractivity contribution >= 4 is 16.6 Å². The first-order valence-corrected chi connectivity index (χ1v) is 8.92. The Morgan fingerprint density at radius 1 is 1.25 bits per heavy atom. The molecule has 0 radical (unpaired) electrons. The van der Waals surface area contributed by atoms with Crippen LogP contribution in [0.15, 0.2) is 35.4 Å². The lowest BCUT2D eigenvalue weighted by Gasteiger charge is -2.24. The number of fused-ring (bicyclic) bond motifs is 3. The second-order valence-electron chi connectivity index (χ2n) is 7.07. The first-order valence-electron chi connectivity index (χ1n) is 8.92. The van der Waals surface area contributed by atoms with Crippen LogP contribution in [0, 0.1) is 5.92 Å². The first kappa shape index (κ1) is 17.0. The lowest BCUT2D eigenvalue weighted by atomic mass is 9.85. The predicted molar refractivity (Wildman–Crippen MR) is 94.7 cm³/mol. The normalized spacial score (nSPS) is 15.4. The van der Waals surface area contributed by atoms with Crippen molar-refractivity contribution in [2.45, 2.75) is 32.0 Å². The Morgan fingerprint density at radius 3 is 2.79 bits per heavy atom. The van der Waals surface area contributed by atoms with Gasteiger partial charge in [-0.15, -0.1) is 5.10 Å². The van der Waals surface area contributed by atoms with Gasteiger partial charge in [0.2, 0.25) is 0 Å². The second-order valence-corrected chi connectivity index (χ2v) is 7.07. The minimum atomic E-state index is -4.59. The fraction of sp³-hybridized carbons (Fsp3) is 0.333. The van der Waals surface area contributed by atoms with E-state index in [4.69, 9.17) is 0 Å². The van der Waals surface area contributed by atoms with Crippen molar-refractivity contribution < 1.29 is 13.2 Å². The molecule has 3 aromatic heterocycles. The third-order valence-corrected chi connectivity index (χ3v) is 5.20. The molecule has 1 aliphatic carbocycles. The molecule has 0 spiro atoms. The minimum Gasteiger partial charge on any atom is -0.305 e. The summed E-state index contributed by atoms with van der Waals surface area (Å²) in [6.45, 7) is 0.811. The molecule has 7 nitrogen and oxygen atoms in total. The number of nitrogens with one attached hydrogen (secondary N) is 1. The van der Waals surface area contributed by atoms with Crippen molar-refractivity contribution in [2.24, 2.45) is 5.92 Å². The van der Waals surface area contributed by atoms with Gasteiger partial charge in [-0.25, -0.2) is 9.78 Å². The Balaban J connectivity index is 1.64. The standard InChI is InChI=1S/C18H15F3N6O/c19-18(20,21)13-6-2-5-12-14(13)23-17(28)27-16(12)24-15(25-27)11-7-22-26(9-11)8-10-3-1-4-10/h2,5-7,9-10H,1,3-4,8H2,(H,23,28). The van der Waals surface area contributed by atoms with E-state index in [0.717, 1.165) is 17.1 Å². The highest BCUT2D eigenvalue weighted by Gasteiger charge is 2.33. The van der Waals surface area contributed by atoms with Gasteiger partial charge in [-0.05, 0) is 30.9 Å². The molecule has 0 atom stereocenters. The third-order valence-electron chi connectivity index (χ3n) is 5.20. The van der Waals surface area contributed by atoms with Crippen LogP contribution in [0.2, 0.25) is 0 Å². The molecule has 0 unspecified atom stereocenters. The van der Waals surface area contributed by atoms with E-state index in [2.05, 4.69) is 20.2 Å². The van der Waals surface area contributed by atoms with Gasteiger partial charge in [0.15, 0.2) is 11.5 Å². The van der Waals surface area contributed by atoms with Crippen molar-refractivity contribution in [3.05, 3.63) is 46.6 Å². The highest BCUT2D eigenvalue weighted by atomic mass is 19.4. The quantitative estimate of drug-likeness (QED) is 0.584. The van der Waals surface area contributed by atoms with E-state index >= 15 is 0 Å². The van der Waals surface area contributed by atoms with Crippen LogP contribution in [0.25, 0.3) is 27.9 Å². The summed E-state index contributed by atoms with van der Waals surface area (Å²) in [6.07, 6.45) is 2.42. The molecule has 144 valence electrons. The van der Waals surface area contributed by atoms with Crippen molar-refractivity contribution in [2.75, 3.05) is 0 Å². The van der Waals surface area contributed by atoms with E-state index in [-0.39, 0.29) is 22.4 Å². The van der Waals surface area contributed by atoms with E-state index in [1.807, 2.05) is 4.68 Å². The maximum atomic E-state index is 13.3. The number of hydrogen-bond acceptors (Lipinski definition) is 4. The van der Waals surface area contributed by atoms with Crippen LogP contribution in [-0.2, 0) is 12.7 Å². The van der Waals surface area contributed by atoms with E-state index in [1.54, 1.807) is 12.4 Å². The fourth-order valence-electron chi connectivity index (χ4n) is 3.54. The monoisotopic (exact) mass is 388 g/mol. The highest BCUT2D eigenvalue weighted by molar-refractivity contribution is 5.93. The summed E-state index contributed by atoms with van der Waals surface area (Å²) in [7, 11) is 0. The molecule has 1 aliphatic rings. The van der Waals surface area contributed by atoms with Gasteiger partial charge in [-0.2, -0.15) is 22.8 Å². The Labute approximate surface area is 155 Å². The zero-order chi connectivity index (χ0) is 19.5. The summed E-state index contributed by atoms with van der Waals surface area (Å²) in [5.41, 5.74) is -1.30. The van der Waals surface area contributed by atoms with E-state index in [1.165, 1.54) is 31.4 Å². The molecule has 1 N–H and O–H groups in total. The Kier molecular flexibility index (Phi) is 3.58. The summed E-state index contributed by atoms with van der Waals surface area (Å²) in [6, 6.07) is 3.69. The third kappa shape index (κ3) is 2.67. The van der Waals surface area contributed by atoms with E-state index in [9.17, 15) is 18.0 Å². The number of H-pyrrole nitrogens is 1. The van der Waals surface area contributed by atoms with Crippen LogP contribution in [-0.4, -0.2) is 29.4 Å². The molecule has 0 saturated heterocycles. The molecule has 0 aliphatic heterocycles. The molecule has 5 rings (SSSR count). The molecular formula is C18H15F3N6O. The lowest BCUT2D eigenvalue weighted by molar-refractivity contribution is -0.136. The van der Waals surface area contributed by atoms with Crippen LogP contribution in [0.1, 0.15) is 24.8 Å². The van der Waals surface area contributed by atoms with Gasteiger partial charge in [0.25, 0.3) is 0 Å². The predicted octanol–water partition coefficient (Wildman–Crippen LogP) is 3.25. The van der Waals surface area contributed by atoms with Gasteiger partial charge in [0.1, 0.15) is 0 Å². The maximum Gasteiger partial charge on any atom is 0.418 e. The fourth-order valence-corrected chi connectivity index (χ4v) is 3.54. The van der Waals surface area contributed by atoms with Crippen molar-refractivity contribution in [1.82, 2.24) is 29.4 Å². The second kappa shape index (κ2) is 5.91. The van der Waals surface area contributed by atoms with Crippen molar-refractivity contribution in [1.29, 1.82) is 0 Å². The molecule has 10 heteroatoms. The van der Waals surface area contributed by atoms with Crippen LogP contribution >= 0.6 is 0 Å². The minimum absolute atomic E-state index is 0.0755. The summed E-state index contributed by atoms with van der Waals surface area (Å²) in [4.78, 5) is 18.9. The first-order chi connectivity index (χ1) is 13.4. The van der Waals surface area contributed by atoms with Crippen LogP contribution < -0.4 is 5.69 Å². The smallest absolute Gasteiger partial charge is 0.305 e. The number of halogens is 3. The zero-order valence-corrected chi connectivity index (χ0v) is 14.6. The van der Waals surface area contributed by atoms with Gasteiger partial charge < -0.3 is 4.98 Å². The lowest BCUT2D eigenvalue weighted by Crippen LogP contribution is -2.19. The molecule has 0 bridgehead atoms. The molecule has 0 amide bonds. The molecule has 28 heavy (non-hydrogen) atoms. The van der Waals surface area contributed by atoms with Crippen LogP contribution in [0.4, 0.5) is 13.2 Å². The molecule has 1 aromatic carbocycles. The van der Waals surface area contributed by atoms with Crippen molar-refractivity contribution in [3.63, 3.8) is 0 Å². The number of para-hydroxylation sites is 1. The molecule has 1 fully saturated rings. The van der Waals surface area contributed by atoms with Gasteiger partial charge >= 0.3 is 11.9 Å². The largest absolute Gasteiger partial charge is 0.418 e. The Morgan fingerprint density at radius 2 is 2.07 bits per heavy atom. The Hall–Kier alpha value is -3.17. The van der Waals surface area contributed by atoms with Crippen molar-refractivity contribution in [3.8, 4) is 11.4 Å². The summed E-state index contributed by atoms with van der Waals surface area (Å²) in [5, 5.41) is 8.66. The van der Waals surface area contributed by atoms with Gasteiger partial charge in [0, 0.05) is 18.1 Å². The zero-order valence-electron chi connectivity index (χ0n) is 14.6. The SMILES string of the molecule is O=c1[nH]c2c(C(F)(F)F)cccc2c2nc(-c3cnn(CC4CCC4)c3)nn12. The summed E-state index contributed by atoms with van der Waals surface area (Å²) in [5.74, 6) is 0.865. The number of rotatable bonds is 3. The number of nitrogens with zero attached hydrogens (tertiary/aromatic N) is 5. The number of alkyl halides is 3. The van der Waals surface area contributed by atoms with Crippen LogP contribution in [0.5, 0.6) is 0 Å². The van der Waals surface area contributed by atoms with Gasteiger partial charge in [0.05, 0.1) is 22.8 Å². The molecule has 1 saturated carbocycles. The van der Waals surface area contributed by atoms with E-state index < -0.39 is 17.4 Å². The number of benzene rings is 1. The summed E-state index contributed by atoms with van der Waals surface area (Å²) >= 11 is 0. The van der Waals surface area contributed by atoms with Gasteiger partial charge in [-0.1, -0.05) is 12.5 Å². The number of aromatic nitrogens is 6. The average Bonchev–Trinajstić information content (AvgIpc) is 3.24. The Bertz CT molecular complexity index is 1250. The number of aromatic amines is 1. The van der Waals surface area contributed by atoms with E-state index in [0.29, 0.717) is 11.5 Å². The molecule has 3 heterocycles.